The zero-order valence-electron chi connectivity index (χ0n) is 33.7. The minimum Gasteiger partial charge on any atom is -0.457 e. The van der Waals surface area contributed by atoms with Gasteiger partial charge in [0.2, 0.25) is 0 Å². The maximum Gasteiger partial charge on any atom is 0.472 e. The van der Waals surface area contributed by atoms with Gasteiger partial charge < -0.3 is 20.1 Å². The van der Waals surface area contributed by atoms with Crippen LogP contribution in [-0.4, -0.2) is 49.9 Å². The van der Waals surface area contributed by atoms with E-state index < -0.39 is 13.9 Å². The van der Waals surface area contributed by atoms with Gasteiger partial charge in [0, 0.05) is 19.6 Å². The first-order valence-corrected chi connectivity index (χ1v) is 22.4. The van der Waals surface area contributed by atoms with Crippen LogP contribution in [0.2, 0.25) is 0 Å². The number of phosphoric acid groups is 1. The molecule has 0 radical (unpaired) electrons. The van der Waals surface area contributed by atoms with Crippen molar-refractivity contribution in [3.63, 3.8) is 0 Å². The summed E-state index contributed by atoms with van der Waals surface area (Å²) in [5, 5.41) is 0. The van der Waals surface area contributed by atoms with Crippen LogP contribution < -0.4 is 5.73 Å². The number of carbonyl (C=O) groups excluding carboxylic acids is 1. The van der Waals surface area contributed by atoms with Crippen LogP contribution in [-0.2, 0) is 27.9 Å². The van der Waals surface area contributed by atoms with Crippen molar-refractivity contribution >= 4 is 13.8 Å². The number of hydrogen-bond acceptors (Lipinski definition) is 7. The van der Waals surface area contributed by atoms with E-state index in [4.69, 9.17) is 24.3 Å². The average Bonchev–Trinajstić information content (AvgIpc) is 3.15. The lowest BCUT2D eigenvalue weighted by Gasteiger charge is -2.20. The van der Waals surface area contributed by atoms with Gasteiger partial charge >= 0.3 is 13.8 Å². The maximum atomic E-state index is 12.6. The molecule has 0 rings (SSSR count). The van der Waals surface area contributed by atoms with E-state index in [0.29, 0.717) is 13.0 Å². The Hall–Kier alpha value is -2.06. The quantitative estimate of drug-likeness (QED) is 0.0275. The van der Waals surface area contributed by atoms with Gasteiger partial charge in [0.15, 0.2) is 0 Å². The number of hydrogen-bond donors (Lipinski definition) is 2. The molecular weight excluding hydrogens is 685 g/mol. The van der Waals surface area contributed by atoms with Gasteiger partial charge in [-0.1, -0.05) is 164 Å². The summed E-state index contributed by atoms with van der Waals surface area (Å²) in [5.41, 5.74) is 5.36. The molecule has 0 aliphatic heterocycles. The number of rotatable bonds is 39. The summed E-state index contributed by atoms with van der Waals surface area (Å²) >= 11 is 0. The van der Waals surface area contributed by atoms with E-state index in [1.165, 1.54) is 70.6 Å². The van der Waals surface area contributed by atoms with Gasteiger partial charge in [-0.05, 0) is 64.2 Å². The Labute approximate surface area is 325 Å². The fourth-order valence-electron chi connectivity index (χ4n) is 5.35. The van der Waals surface area contributed by atoms with Crippen LogP contribution in [0.15, 0.2) is 72.9 Å². The topological polar surface area (TPSA) is 117 Å². The Kier molecular flexibility index (Phi) is 39.5. The van der Waals surface area contributed by atoms with Gasteiger partial charge in [0.25, 0.3) is 0 Å². The van der Waals surface area contributed by atoms with Crippen LogP contribution >= 0.6 is 7.82 Å². The highest BCUT2D eigenvalue weighted by Crippen LogP contribution is 2.43. The van der Waals surface area contributed by atoms with E-state index in [1.54, 1.807) is 0 Å². The largest absolute Gasteiger partial charge is 0.472 e. The molecule has 2 atom stereocenters. The molecule has 0 aromatic rings. The molecule has 3 N–H and O–H groups in total. The van der Waals surface area contributed by atoms with Gasteiger partial charge in [-0.15, -0.1) is 0 Å². The number of unbranched alkanes of at least 4 members (excludes halogenated alkanes) is 14. The summed E-state index contributed by atoms with van der Waals surface area (Å²) in [6, 6.07) is 0. The third-order valence-corrected chi connectivity index (χ3v) is 9.37. The molecule has 0 saturated heterocycles. The highest BCUT2D eigenvalue weighted by Gasteiger charge is 2.25. The Morgan fingerprint density at radius 1 is 0.585 bits per heavy atom. The lowest BCUT2D eigenvalue weighted by molar-refractivity contribution is -0.154. The van der Waals surface area contributed by atoms with Crippen LogP contribution in [0.4, 0.5) is 0 Å². The Morgan fingerprint density at radius 3 is 1.55 bits per heavy atom. The molecule has 306 valence electrons. The van der Waals surface area contributed by atoms with E-state index >= 15 is 0 Å². The molecule has 9 heteroatoms. The van der Waals surface area contributed by atoms with E-state index in [9.17, 15) is 14.3 Å². The van der Waals surface area contributed by atoms with E-state index in [2.05, 4.69) is 86.8 Å². The second kappa shape index (κ2) is 41.1. The smallest absolute Gasteiger partial charge is 0.457 e. The van der Waals surface area contributed by atoms with Gasteiger partial charge in [-0.2, -0.15) is 0 Å². The molecule has 0 fully saturated rings. The van der Waals surface area contributed by atoms with Gasteiger partial charge in [0.1, 0.15) is 6.10 Å². The second-order valence-corrected chi connectivity index (χ2v) is 14.9. The van der Waals surface area contributed by atoms with Gasteiger partial charge in [0.05, 0.1) is 19.8 Å². The van der Waals surface area contributed by atoms with Crippen LogP contribution in [0.1, 0.15) is 162 Å². The minimum atomic E-state index is -4.29. The molecule has 0 aromatic carbocycles. The predicted molar refractivity (Wildman–Crippen MR) is 224 cm³/mol. The first-order chi connectivity index (χ1) is 25.9. The molecule has 0 amide bonds. The van der Waals surface area contributed by atoms with Crippen molar-refractivity contribution in [3.8, 4) is 0 Å². The summed E-state index contributed by atoms with van der Waals surface area (Å²) in [6.07, 6.45) is 50.6. The summed E-state index contributed by atoms with van der Waals surface area (Å²) in [7, 11) is -4.29. The summed E-state index contributed by atoms with van der Waals surface area (Å²) in [6.45, 7) is 4.74. The number of phosphoric ester groups is 1. The molecule has 0 bridgehead atoms. The van der Waals surface area contributed by atoms with Crippen LogP contribution in [0.25, 0.3) is 0 Å². The number of ether oxygens (including phenoxy) is 2. The van der Waals surface area contributed by atoms with Gasteiger partial charge in [-0.3, -0.25) is 13.8 Å². The molecule has 0 aliphatic carbocycles. The van der Waals surface area contributed by atoms with Crippen LogP contribution in [0, 0.1) is 0 Å². The Bertz CT molecular complexity index is 1040. The van der Waals surface area contributed by atoms with E-state index in [-0.39, 0.29) is 38.8 Å². The molecule has 53 heavy (non-hydrogen) atoms. The number of carbonyl (C=O) groups is 1. The molecule has 0 aromatic heterocycles. The van der Waals surface area contributed by atoms with Crippen molar-refractivity contribution < 1.29 is 32.8 Å². The molecule has 8 nitrogen and oxygen atoms in total. The van der Waals surface area contributed by atoms with Crippen molar-refractivity contribution in [3.05, 3.63) is 72.9 Å². The number of esters is 1. The predicted octanol–water partition coefficient (Wildman–Crippen LogP) is 12.4. The monoisotopic (exact) mass is 764 g/mol. The first kappa shape index (κ1) is 50.9. The van der Waals surface area contributed by atoms with Crippen molar-refractivity contribution in [2.45, 2.75) is 168 Å². The number of allylic oxidation sites excluding steroid dienone is 12. The van der Waals surface area contributed by atoms with Crippen molar-refractivity contribution in [2.75, 3.05) is 33.0 Å². The summed E-state index contributed by atoms with van der Waals surface area (Å²) < 4.78 is 33.3. The third kappa shape index (κ3) is 41.0. The first-order valence-electron chi connectivity index (χ1n) is 20.9. The van der Waals surface area contributed by atoms with E-state index in [1.807, 2.05) is 0 Å². The average molecular weight is 764 g/mol. The fraction of sp³-hybridized carbons (Fsp3) is 0.705. The second-order valence-electron chi connectivity index (χ2n) is 13.5. The van der Waals surface area contributed by atoms with Crippen molar-refractivity contribution in [2.24, 2.45) is 5.73 Å². The third-order valence-electron chi connectivity index (χ3n) is 8.39. The molecule has 2 unspecified atom stereocenters. The molecule has 0 spiro atoms. The highest BCUT2D eigenvalue weighted by molar-refractivity contribution is 7.47. The summed E-state index contributed by atoms with van der Waals surface area (Å²) in [5.74, 6) is -0.374. The van der Waals surface area contributed by atoms with Crippen molar-refractivity contribution in [1.29, 1.82) is 0 Å². The SMILES string of the molecule is CC/C=C\C/C=C\C/C=C\C/C=C\C/C=C\C/C=C\CCCCC(=O)OC(COCCCCCCCCCCCCCCC)COP(=O)(O)OCCN. The highest BCUT2D eigenvalue weighted by atomic mass is 31.2. The van der Waals surface area contributed by atoms with E-state index in [0.717, 1.165) is 64.2 Å². The fourth-order valence-corrected chi connectivity index (χ4v) is 6.12. The number of nitrogens with two attached hydrogens (primary N) is 1. The lowest BCUT2D eigenvalue weighted by Crippen LogP contribution is -2.28. The molecule has 0 saturated carbocycles. The minimum absolute atomic E-state index is 0.0904. The van der Waals surface area contributed by atoms with Gasteiger partial charge in [-0.25, -0.2) is 4.57 Å². The zero-order chi connectivity index (χ0) is 38.8. The normalized spacial score (nSPS) is 14.3. The van der Waals surface area contributed by atoms with Crippen LogP contribution in [0.5, 0.6) is 0 Å². The molecular formula is C44H78NO7P. The Balaban J connectivity index is 4.16. The Morgan fingerprint density at radius 2 is 1.06 bits per heavy atom. The van der Waals surface area contributed by atoms with Crippen LogP contribution in [0.3, 0.4) is 0 Å². The molecule has 0 aliphatic rings. The van der Waals surface area contributed by atoms with Crippen molar-refractivity contribution in [1.82, 2.24) is 0 Å². The summed E-state index contributed by atoms with van der Waals surface area (Å²) in [4.78, 5) is 22.4. The maximum absolute atomic E-state index is 12.6. The lowest BCUT2D eigenvalue weighted by atomic mass is 10.0. The molecule has 0 heterocycles. The standard InChI is InChI=1S/C44H78NO7P/c1-3-5-7-9-11-13-15-17-18-19-20-21-22-23-24-25-27-29-31-33-35-37-44(46)52-43(42-51-53(47,48)50-40-38-45)41-49-39-36-34-32-30-28-26-16-14-12-10-8-6-4-2/h5,7,11,13,17-18,20-21,23-24,27,29,43H,3-4,6,8-10,12,14-16,19,22,25-26,28,30-42,45H2,1-2H3,(H,47,48)/b7-5-,13-11-,18-17-,21-20-,24-23-,29-27-. The zero-order valence-corrected chi connectivity index (χ0v) is 34.6.